The van der Waals surface area contributed by atoms with Crippen LogP contribution in [-0.4, -0.2) is 10.9 Å². The highest BCUT2D eigenvalue weighted by Crippen LogP contribution is 2.39. The van der Waals surface area contributed by atoms with Gasteiger partial charge in [-0.3, -0.25) is 4.79 Å². The van der Waals surface area contributed by atoms with Gasteiger partial charge in [0.2, 0.25) is 5.91 Å². The summed E-state index contributed by atoms with van der Waals surface area (Å²) in [4.78, 5) is 15.5. The summed E-state index contributed by atoms with van der Waals surface area (Å²) in [6.45, 7) is 3.67. The first-order chi connectivity index (χ1) is 6.03. The van der Waals surface area contributed by atoms with Crippen LogP contribution in [0.5, 0.6) is 0 Å². The Hall–Kier alpha value is -1.09. The maximum atomic E-state index is 11.5. The number of carbonyl (C=O) groups is 1. The van der Waals surface area contributed by atoms with Gasteiger partial charge in [0.05, 0.1) is 10.4 Å². The Bertz CT molecular complexity index is 387. The third kappa shape index (κ3) is 1.04. The number of hydrogen-bond donors (Lipinski definition) is 1. The zero-order valence-corrected chi connectivity index (χ0v) is 8.14. The largest absolute Gasteiger partial charge is 0.310 e. The molecule has 0 radical (unpaired) electrons. The Labute approximate surface area is 81.1 Å². The van der Waals surface area contributed by atoms with Gasteiger partial charge in [-0.1, -0.05) is 11.6 Å². The van der Waals surface area contributed by atoms with Crippen LogP contribution >= 0.6 is 11.6 Å². The Morgan fingerprint density at radius 3 is 2.85 bits per heavy atom. The third-order valence-electron chi connectivity index (χ3n) is 2.32. The number of anilines is 1. The normalized spacial score (nSPS) is 18.2. The van der Waals surface area contributed by atoms with E-state index in [0.29, 0.717) is 10.8 Å². The predicted octanol–water partition coefficient (Wildman–Crippen LogP) is 1.96. The summed E-state index contributed by atoms with van der Waals surface area (Å²) in [7, 11) is 0. The number of nitrogens with one attached hydrogen (secondary N) is 1. The number of halogens is 1. The molecule has 0 atom stereocenters. The fraction of sp³-hybridized carbons (Fsp3) is 0.333. The molecule has 0 saturated carbocycles. The van der Waals surface area contributed by atoms with Crippen molar-refractivity contribution < 1.29 is 4.79 Å². The minimum absolute atomic E-state index is 0.0527. The molecule has 4 heteroatoms. The first kappa shape index (κ1) is 8.51. The number of carbonyl (C=O) groups excluding carboxylic acids is 1. The highest BCUT2D eigenvalue weighted by atomic mass is 35.5. The lowest BCUT2D eigenvalue weighted by Crippen LogP contribution is -2.27. The van der Waals surface area contributed by atoms with Crippen molar-refractivity contribution in [2.24, 2.45) is 0 Å². The molecule has 1 amide bonds. The van der Waals surface area contributed by atoms with E-state index < -0.39 is 5.41 Å². The van der Waals surface area contributed by atoms with E-state index in [1.54, 1.807) is 12.3 Å². The van der Waals surface area contributed by atoms with Crippen LogP contribution in [0.25, 0.3) is 0 Å². The summed E-state index contributed by atoms with van der Waals surface area (Å²) in [6.07, 6.45) is 1.59. The second kappa shape index (κ2) is 2.45. The number of nitrogens with zero attached hydrogens (tertiary/aromatic N) is 1. The van der Waals surface area contributed by atoms with Gasteiger partial charge in [0.25, 0.3) is 0 Å². The molecule has 2 rings (SSSR count). The lowest BCUT2D eigenvalue weighted by Gasteiger charge is -2.15. The number of pyridine rings is 1. The Morgan fingerprint density at radius 2 is 2.23 bits per heavy atom. The van der Waals surface area contributed by atoms with Crippen LogP contribution in [0.2, 0.25) is 5.02 Å². The quantitative estimate of drug-likeness (QED) is 0.689. The topological polar surface area (TPSA) is 42.0 Å². The maximum Gasteiger partial charge on any atom is 0.235 e. The van der Waals surface area contributed by atoms with Gasteiger partial charge in [-0.15, -0.1) is 0 Å². The molecule has 1 aromatic rings. The van der Waals surface area contributed by atoms with Gasteiger partial charge >= 0.3 is 0 Å². The smallest absolute Gasteiger partial charge is 0.235 e. The van der Waals surface area contributed by atoms with Crippen LogP contribution < -0.4 is 5.32 Å². The molecule has 0 aliphatic carbocycles. The average Bonchev–Trinajstić information content (AvgIpc) is 2.24. The summed E-state index contributed by atoms with van der Waals surface area (Å²) in [6, 6.07) is 1.70. The first-order valence-electron chi connectivity index (χ1n) is 4.00. The zero-order valence-electron chi connectivity index (χ0n) is 7.39. The van der Waals surface area contributed by atoms with Gasteiger partial charge in [-0.2, -0.15) is 0 Å². The van der Waals surface area contributed by atoms with Crippen molar-refractivity contribution in [1.29, 1.82) is 0 Å². The van der Waals surface area contributed by atoms with E-state index in [1.807, 2.05) is 13.8 Å². The van der Waals surface area contributed by atoms with E-state index in [-0.39, 0.29) is 5.91 Å². The van der Waals surface area contributed by atoms with Crippen molar-refractivity contribution >= 4 is 23.3 Å². The molecule has 0 fully saturated rings. The third-order valence-corrected chi connectivity index (χ3v) is 2.64. The van der Waals surface area contributed by atoms with E-state index in [2.05, 4.69) is 10.3 Å². The Morgan fingerprint density at radius 1 is 1.54 bits per heavy atom. The molecule has 0 unspecified atom stereocenters. The molecule has 1 aliphatic rings. The van der Waals surface area contributed by atoms with Crippen molar-refractivity contribution in [2.75, 3.05) is 5.32 Å². The van der Waals surface area contributed by atoms with Crippen molar-refractivity contribution in [2.45, 2.75) is 19.3 Å². The second-order valence-corrected chi connectivity index (χ2v) is 4.00. The van der Waals surface area contributed by atoms with Crippen LogP contribution in [0.15, 0.2) is 12.3 Å². The fourth-order valence-electron chi connectivity index (χ4n) is 1.50. The van der Waals surface area contributed by atoms with Crippen LogP contribution in [0.4, 0.5) is 5.82 Å². The summed E-state index contributed by atoms with van der Waals surface area (Å²) in [5, 5.41) is 3.29. The van der Waals surface area contributed by atoms with E-state index in [0.717, 1.165) is 5.56 Å². The number of rotatable bonds is 0. The number of hydrogen-bond acceptors (Lipinski definition) is 2. The molecular formula is C9H9ClN2O. The van der Waals surface area contributed by atoms with Gasteiger partial charge in [0.15, 0.2) is 0 Å². The van der Waals surface area contributed by atoms with Crippen molar-refractivity contribution in [3.8, 4) is 0 Å². The van der Waals surface area contributed by atoms with Crippen molar-refractivity contribution in [3.05, 3.63) is 22.8 Å². The van der Waals surface area contributed by atoms with Crippen LogP contribution in [-0.2, 0) is 10.2 Å². The Kier molecular flexibility index (Phi) is 1.60. The number of amides is 1. The van der Waals surface area contributed by atoms with Gasteiger partial charge < -0.3 is 5.32 Å². The maximum absolute atomic E-state index is 11.5. The lowest BCUT2D eigenvalue weighted by atomic mass is 9.87. The minimum atomic E-state index is -0.569. The molecule has 2 heterocycles. The standard InChI is InChI=1S/C9H9ClN2O/c1-9(2)6-5(10)3-4-11-7(6)12-8(9)13/h3-4H,1-2H3,(H,11,12,13). The van der Waals surface area contributed by atoms with Crippen molar-refractivity contribution in [1.82, 2.24) is 4.98 Å². The van der Waals surface area contributed by atoms with Gasteiger partial charge in [0.1, 0.15) is 5.82 Å². The lowest BCUT2D eigenvalue weighted by molar-refractivity contribution is -0.119. The number of aromatic nitrogens is 1. The van der Waals surface area contributed by atoms with Gasteiger partial charge in [-0.05, 0) is 19.9 Å². The second-order valence-electron chi connectivity index (χ2n) is 3.60. The zero-order chi connectivity index (χ0) is 9.64. The predicted molar refractivity (Wildman–Crippen MR) is 50.9 cm³/mol. The molecular weight excluding hydrogens is 188 g/mol. The molecule has 68 valence electrons. The van der Waals surface area contributed by atoms with Crippen LogP contribution in [0.1, 0.15) is 19.4 Å². The molecule has 0 bridgehead atoms. The summed E-state index contributed by atoms with van der Waals surface area (Å²) < 4.78 is 0. The Balaban J connectivity index is 2.70. The summed E-state index contributed by atoms with van der Waals surface area (Å²) in [5.41, 5.74) is 0.224. The van der Waals surface area contributed by atoms with Gasteiger partial charge in [0, 0.05) is 11.8 Å². The molecule has 1 N–H and O–H groups in total. The van der Waals surface area contributed by atoms with Crippen molar-refractivity contribution in [3.63, 3.8) is 0 Å². The SMILES string of the molecule is CC1(C)C(=O)Nc2nccc(Cl)c21. The van der Waals surface area contributed by atoms with Crippen LogP contribution in [0.3, 0.4) is 0 Å². The minimum Gasteiger partial charge on any atom is -0.310 e. The van der Waals surface area contributed by atoms with E-state index in [9.17, 15) is 4.79 Å². The first-order valence-corrected chi connectivity index (χ1v) is 4.37. The van der Waals surface area contributed by atoms with E-state index in [1.165, 1.54) is 0 Å². The summed E-state index contributed by atoms with van der Waals surface area (Å²) in [5.74, 6) is 0.533. The average molecular weight is 197 g/mol. The summed E-state index contributed by atoms with van der Waals surface area (Å²) >= 11 is 5.99. The van der Waals surface area contributed by atoms with Crippen LogP contribution in [0, 0.1) is 0 Å². The molecule has 0 saturated heterocycles. The molecule has 0 spiro atoms. The molecule has 13 heavy (non-hydrogen) atoms. The highest BCUT2D eigenvalue weighted by molar-refractivity contribution is 6.32. The highest BCUT2D eigenvalue weighted by Gasteiger charge is 2.40. The monoisotopic (exact) mass is 196 g/mol. The molecule has 1 aliphatic heterocycles. The fourth-order valence-corrected chi connectivity index (χ4v) is 1.89. The van der Waals surface area contributed by atoms with E-state index in [4.69, 9.17) is 11.6 Å². The van der Waals surface area contributed by atoms with Gasteiger partial charge in [-0.25, -0.2) is 4.98 Å². The number of fused-ring (bicyclic) bond motifs is 1. The molecule has 0 aromatic carbocycles. The molecule has 1 aromatic heterocycles. The van der Waals surface area contributed by atoms with E-state index >= 15 is 0 Å². The molecule has 3 nitrogen and oxygen atoms in total.